The molecule has 7 heteroatoms. The molecule has 3 heterocycles. The summed E-state index contributed by atoms with van der Waals surface area (Å²) in [5, 5.41) is 4.02. The lowest BCUT2D eigenvalue weighted by Crippen LogP contribution is -2.42. The second-order valence-corrected chi connectivity index (χ2v) is 7.63. The van der Waals surface area contributed by atoms with Crippen LogP contribution in [-0.2, 0) is 11.3 Å². The minimum absolute atomic E-state index is 0.0238. The van der Waals surface area contributed by atoms with Gasteiger partial charge in [-0.1, -0.05) is 23.5 Å². The summed E-state index contributed by atoms with van der Waals surface area (Å²) in [5.74, 6) is 0.876. The van der Waals surface area contributed by atoms with Crippen LogP contribution in [0.25, 0.3) is 10.3 Å². The molecule has 0 saturated carbocycles. The van der Waals surface area contributed by atoms with Crippen LogP contribution < -0.4 is 15.0 Å². The van der Waals surface area contributed by atoms with E-state index >= 15 is 0 Å². The van der Waals surface area contributed by atoms with Crippen molar-refractivity contribution in [2.24, 2.45) is 5.92 Å². The lowest BCUT2D eigenvalue weighted by atomic mass is 9.97. The Bertz CT molecular complexity index is 909. The molecule has 140 valence electrons. The van der Waals surface area contributed by atoms with E-state index in [0.29, 0.717) is 13.1 Å². The molecule has 0 bridgehead atoms. The summed E-state index contributed by atoms with van der Waals surface area (Å²) >= 11 is 1.59. The monoisotopic (exact) mass is 382 g/mol. The number of amides is 1. The molecule has 3 aromatic rings. The zero-order valence-corrected chi connectivity index (χ0v) is 16.0. The maximum absolute atomic E-state index is 12.7. The molecule has 1 atom stereocenters. The number of aromatic nitrogens is 2. The van der Waals surface area contributed by atoms with E-state index in [-0.39, 0.29) is 11.8 Å². The van der Waals surface area contributed by atoms with Crippen molar-refractivity contribution in [1.82, 2.24) is 15.3 Å². The number of benzene rings is 1. The molecular weight excluding hydrogens is 360 g/mol. The molecule has 0 aliphatic carbocycles. The van der Waals surface area contributed by atoms with Crippen molar-refractivity contribution in [2.45, 2.75) is 19.4 Å². The fourth-order valence-corrected chi connectivity index (χ4v) is 4.32. The molecule has 1 N–H and O–H groups in total. The Kier molecular flexibility index (Phi) is 5.20. The number of fused-ring (bicyclic) bond motifs is 1. The van der Waals surface area contributed by atoms with Gasteiger partial charge in [0.25, 0.3) is 0 Å². The highest BCUT2D eigenvalue weighted by molar-refractivity contribution is 7.21. The third-order valence-electron chi connectivity index (χ3n) is 4.82. The van der Waals surface area contributed by atoms with Gasteiger partial charge < -0.3 is 15.0 Å². The normalized spacial score (nSPS) is 17.1. The van der Waals surface area contributed by atoms with Crippen LogP contribution in [0.15, 0.2) is 42.6 Å². The summed E-state index contributed by atoms with van der Waals surface area (Å²) in [6.07, 6.45) is 3.68. The van der Waals surface area contributed by atoms with Gasteiger partial charge in [-0.05, 0) is 42.7 Å². The number of pyridine rings is 1. The summed E-state index contributed by atoms with van der Waals surface area (Å²) in [4.78, 5) is 24.9. The third-order valence-corrected chi connectivity index (χ3v) is 5.86. The van der Waals surface area contributed by atoms with Gasteiger partial charge in [-0.2, -0.15) is 0 Å². The maximum atomic E-state index is 12.7. The number of piperidine rings is 1. The molecule has 0 unspecified atom stereocenters. The fourth-order valence-electron chi connectivity index (χ4n) is 3.37. The van der Waals surface area contributed by atoms with E-state index in [9.17, 15) is 4.79 Å². The smallest absolute Gasteiger partial charge is 0.225 e. The predicted molar refractivity (Wildman–Crippen MR) is 107 cm³/mol. The van der Waals surface area contributed by atoms with E-state index in [1.807, 2.05) is 36.4 Å². The number of ether oxygens (including phenoxy) is 1. The number of carbonyl (C=O) groups is 1. The van der Waals surface area contributed by atoms with Crippen LogP contribution in [-0.4, -0.2) is 36.1 Å². The van der Waals surface area contributed by atoms with Crippen LogP contribution in [0.3, 0.4) is 0 Å². The van der Waals surface area contributed by atoms with Crippen molar-refractivity contribution < 1.29 is 9.53 Å². The Balaban J connectivity index is 1.39. The van der Waals surface area contributed by atoms with Crippen LogP contribution in [0.1, 0.15) is 18.4 Å². The van der Waals surface area contributed by atoms with E-state index in [4.69, 9.17) is 4.74 Å². The average Bonchev–Trinajstić information content (AvgIpc) is 3.16. The number of hydrogen-bond acceptors (Lipinski definition) is 6. The van der Waals surface area contributed by atoms with Crippen molar-refractivity contribution in [1.29, 1.82) is 0 Å². The first-order chi connectivity index (χ1) is 13.2. The van der Waals surface area contributed by atoms with E-state index in [2.05, 4.69) is 20.2 Å². The van der Waals surface area contributed by atoms with E-state index in [0.717, 1.165) is 46.2 Å². The molecule has 1 fully saturated rings. The average molecular weight is 382 g/mol. The molecule has 0 spiro atoms. The van der Waals surface area contributed by atoms with Gasteiger partial charge in [-0.3, -0.25) is 4.79 Å². The summed E-state index contributed by atoms with van der Waals surface area (Å²) in [5.41, 5.74) is 1.95. The maximum Gasteiger partial charge on any atom is 0.225 e. The quantitative estimate of drug-likeness (QED) is 0.734. The van der Waals surface area contributed by atoms with Gasteiger partial charge in [0.15, 0.2) is 5.13 Å². The van der Waals surface area contributed by atoms with Crippen LogP contribution in [0.2, 0.25) is 0 Å². The van der Waals surface area contributed by atoms with Crippen LogP contribution in [0.4, 0.5) is 5.13 Å². The van der Waals surface area contributed by atoms with Gasteiger partial charge >= 0.3 is 0 Å². The van der Waals surface area contributed by atoms with E-state index in [1.165, 1.54) is 0 Å². The van der Waals surface area contributed by atoms with Crippen molar-refractivity contribution in [2.75, 3.05) is 25.1 Å². The highest BCUT2D eigenvalue weighted by Gasteiger charge is 2.27. The summed E-state index contributed by atoms with van der Waals surface area (Å²) in [6, 6.07) is 11.6. The van der Waals surface area contributed by atoms with Crippen molar-refractivity contribution in [3.05, 3.63) is 48.2 Å². The second-order valence-electron chi connectivity index (χ2n) is 6.68. The van der Waals surface area contributed by atoms with Gasteiger partial charge in [-0.15, -0.1) is 0 Å². The minimum atomic E-state index is -0.0238. The zero-order chi connectivity index (χ0) is 18.6. The van der Waals surface area contributed by atoms with E-state index in [1.54, 1.807) is 24.6 Å². The molecule has 1 aliphatic heterocycles. The third kappa shape index (κ3) is 4.03. The molecule has 1 aromatic carbocycles. The fraction of sp³-hybridized carbons (Fsp3) is 0.350. The first-order valence-corrected chi connectivity index (χ1v) is 9.92. The lowest BCUT2D eigenvalue weighted by Gasteiger charge is -2.31. The van der Waals surface area contributed by atoms with Crippen LogP contribution in [0, 0.1) is 5.92 Å². The van der Waals surface area contributed by atoms with E-state index < -0.39 is 0 Å². The molecule has 6 nitrogen and oxygen atoms in total. The van der Waals surface area contributed by atoms with Crippen LogP contribution in [0.5, 0.6) is 5.75 Å². The molecular formula is C20H22N4O2S. The molecule has 2 aromatic heterocycles. The second kappa shape index (κ2) is 7.92. The largest absolute Gasteiger partial charge is 0.497 e. The summed E-state index contributed by atoms with van der Waals surface area (Å²) in [7, 11) is 1.64. The highest BCUT2D eigenvalue weighted by Crippen LogP contribution is 2.30. The Hall–Kier alpha value is -2.67. The summed E-state index contributed by atoms with van der Waals surface area (Å²) < 4.78 is 5.24. The molecule has 4 rings (SSSR count). The van der Waals surface area contributed by atoms with Gasteiger partial charge in [0.2, 0.25) is 5.91 Å². The number of carbonyl (C=O) groups excluding carboxylic acids is 1. The van der Waals surface area contributed by atoms with Gasteiger partial charge in [-0.25, -0.2) is 9.97 Å². The zero-order valence-electron chi connectivity index (χ0n) is 15.2. The van der Waals surface area contributed by atoms with Gasteiger partial charge in [0.1, 0.15) is 16.1 Å². The van der Waals surface area contributed by atoms with Crippen molar-refractivity contribution in [3.8, 4) is 5.75 Å². The Morgan fingerprint density at radius 1 is 1.37 bits per heavy atom. The SMILES string of the molecule is COc1cccc(CNC(=O)[C@H]2CCCN(c3nc4cccnc4s3)C2)c1. The minimum Gasteiger partial charge on any atom is -0.497 e. The molecule has 27 heavy (non-hydrogen) atoms. The Morgan fingerprint density at radius 3 is 3.15 bits per heavy atom. The van der Waals surface area contributed by atoms with Gasteiger partial charge in [0, 0.05) is 25.8 Å². The number of methoxy groups -OCH3 is 1. The molecule has 1 aliphatic rings. The number of rotatable bonds is 5. The Labute approximate surface area is 162 Å². The van der Waals surface area contributed by atoms with Crippen molar-refractivity contribution in [3.63, 3.8) is 0 Å². The number of thiazole rings is 1. The first-order valence-electron chi connectivity index (χ1n) is 9.10. The topological polar surface area (TPSA) is 67.3 Å². The molecule has 1 amide bonds. The Morgan fingerprint density at radius 2 is 2.30 bits per heavy atom. The predicted octanol–water partition coefficient (Wildman–Crippen LogP) is 3.23. The number of nitrogens with zero attached hydrogens (tertiary/aromatic N) is 3. The first kappa shape index (κ1) is 17.7. The van der Waals surface area contributed by atoms with Gasteiger partial charge in [0.05, 0.1) is 13.0 Å². The standard InChI is InChI=1S/C20H22N4O2S/c1-26-16-7-2-5-14(11-16)12-22-18(25)15-6-4-10-24(13-15)20-23-17-8-3-9-21-19(17)27-20/h2-3,5,7-9,11,15H,4,6,10,12-13H2,1H3,(H,22,25)/t15-/m0/s1. The number of nitrogens with one attached hydrogen (secondary N) is 1. The highest BCUT2D eigenvalue weighted by atomic mass is 32.1. The molecule has 0 radical (unpaired) electrons. The molecule has 1 saturated heterocycles. The lowest BCUT2D eigenvalue weighted by molar-refractivity contribution is -0.125. The number of anilines is 1. The summed E-state index contributed by atoms with van der Waals surface area (Å²) in [6.45, 7) is 2.14. The van der Waals surface area contributed by atoms with Crippen LogP contribution >= 0.6 is 11.3 Å². The number of hydrogen-bond donors (Lipinski definition) is 1. The van der Waals surface area contributed by atoms with Crippen molar-refractivity contribution >= 4 is 32.7 Å².